The van der Waals surface area contributed by atoms with E-state index in [1.54, 1.807) is 0 Å². The molecule has 0 rings (SSSR count). The Hall–Kier alpha value is 0.786. The molecule has 0 aromatic carbocycles. The fourth-order valence-corrected chi connectivity index (χ4v) is 0. The summed E-state index contributed by atoms with van der Waals surface area (Å²) in [5, 5.41) is 0. The van der Waals surface area contributed by atoms with Crippen LogP contribution in [0.3, 0.4) is 0 Å². The first kappa shape index (κ1) is 17.1. The summed E-state index contributed by atoms with van der Waals surface area (Å²) in [6.45, 7) is 3.03. The first-order chi connectivity index (χ1) is 1.41. The molecule has 0 aliphatic rings. The largest absolute Gasteiger partial charge is 2.00 e. The maximum Gasteiger partial charge on any atom is 2.00 e. The van der Waals surface area contributed by atoms with Crippen LogP contribution in [0.5, 0.6) is 0 Å². The van der Waals surface area contributed by atoms with Gasteiger partial charge in [0.05, 0.1) is 0 Å². The van der Waals surface area contributed by atoms with Crippen molar-refractivity contribution in [2.24, 2.45) is 0 Å². The zero-order chi connectivity index (χ0) is 2.71. The van der Waals surface area contributed by atoms with Crippen LogP contribution in [0.2, 0.25) is 0 Å². The minimum Gasteiger partial charge on any atom is -1.00 e. The van der Waals surface area contributed by atoms with Gasteiger partial charge in [-0.3, -0.25) is 0 Å². The molecule has 26 valence electrons. The molecule has 0 radical (unpaired) electrons. The molecule has 0 atom stereocenters. The van der Waals surface area contributed by atoms with Crippen LogP contribution in [0.15, 0.2) is 12.8 Å². The molecular formula is C2H4BrMgN. The standard InChI is InChI=1S/C2H4N.BrH.Mg/c1-2-3;;/h2-3H,1H2;1H;/q-1;;+2/p-1. The molecule has 0 aromatic heterocycles. The van der Waals surface area contributed by atoms with Crippen molar-refractivity contribution in [2.75, 3.05) is 0 Å². The van der Waals surface area contributed by atoms with Gasteiger partial charge in [-0.05, 0) is 0 Å². The first-order valence-corrected chi connectivity index (χ1v) is 0.697. The van der Waals surface area contributed by atoms with E-state index in [4.69, 9.17) is 5.73 Å². The summed E-state index contributed by atoms with van der Waals surface area (Å²) in [6, 6.07) is 0. The van der Waals surface area contributed by atoms with E-state index >= 15 is 0 Å². The van der Waals surface area contributed by atoms with Crippen molar-refractivity contribution in [3.8, 4) is 0 Å². The van der Waals surface area contributed by atoms with Gasteiger partial charge < -0.3 is 22.7 Å². The summed E-state index contributed by atoms with van der Waals surface area (Å²) >= 11 is 0. The van der Waals surface area contributed by atoms with Crippen molar-refractivity contribution < 1.29 is 17.0 Å². The Bertz CT molecular complexity index is 17.1. The third-order valence-electron chi connectivity index (χ3n) is 0. The molecule has 0 amide bonds. The Balaban J connectivity index is -0.0000000200. The van der Waals surface area contributed by atoms with E-state index in [1.165, 1.54) is 0 Å². The van der Waals surface area contributed by atoms with Gasteiger partial charge in [-0.2, -0.15) is 6.20 Å². The molecule has 3 heteroatoms. The summed E-state index contributed by atoms with van der Waals surface area (Å²) in [7, 11) is 0. The summed E-state index contributed by atoms with van der Waals surface area (Å²) in [4.78, 5) is 0. The van der Waals surface area contributed by atoms with E-state index in [-0.39, 0.29) is 40.0 Å². The number of hydrogen-bond donors (Lipinski definition) is 0. The molecule has 0 bridgehead atoms. The Labute approximate surface area is 58.5 Å². The third-order valence-corrected chi connectivity index (χ3v) is 0. The zero-order valence-electron chi connectivity index (χ0n) is 2.87. The van der Waals surface area contributed by atoms with Gasteiger partial charge in [0.2, 0.25) is 0 Å². The number of rotatable bonds is 0. The fraction of sp³-hybridized carbons (Fsp3) is 0. The monoisotopic (exact) mass is 145 g/mol. The van der Waals surface area contributed by atoms with Crippen LogP contribution >= 0.6 is 0 Å². The Morgan fingerprint density at radius 1 is 1.60 bits per heavy atom. The average Bonchev–Trinajstić information content (AvgIpc) is 0.918. The van der Waals surface area contributed by atoms with Crippen LogP contribution in [0.1, 0.15) is 0 Å². The van der Waals surface area contributed by atoms with Crippen molar-refractivity contribution in [3.63, 3.8) is 0 Å². The Morgan fingerprint density at radius 3 is 1.60 bits per heavy atom. The average molecular weight is 146 g/mol. The van der Waals surface area contributed by atoms with Crippen LogP contribution in [-0.2, 0) is 0 Å². The molecule has 0 aliphatic heterocycles. The molecule has 0 heterocycles. The van der Waals surface area contributed by atoms with Gasteiger partial charge in [-0.25, -0.2) is 0 Å². The minimum atomic E-state index is 0. The van der Waals surface area contributed by atoms with Crippen LogP contribution in [0, 0.1) is 0 Å². The maximum atomic E-state index is 5.97. The predicted octanol–water partition coefficient (Wildman–Crippen LogP) is -2.19. The first-order valence-electron chi connectivity index (χ1n) is 0.697. The number of nitrogens with one attached hydrogen (secondary N) is 1. The number of hydrogen-bond acceptors (Lipinski definition) is 0. The van der Waals surface area contributed by atoms with Crippen molar-refractivity contribution in [3.05, 3.63) is 18.5 Å². The molecule has 0 fully saturated rings. The second-order valence-electron chi connectivity index (χ2n) is 0.204. The van der Waals surface area contributed by atoms with E-state index in [1.807, 2.05) is 0 Å². The van der Waals surface area contributed by atoms with Crippen molar-refractivity contribution >= 4 is 23.1 Å². The molecule has 0 spiro atoms. The van der Waals surface area contributed by atoms with Crippen LogP contribution in [-0.4, -0.2) is 23.1 Å². The second kappa shape index (κ2) is 21.5. The summed E-state index contributed by atoms with van der Waals surface area (Å²) in [5.41, 5.74) is 5.97. The Kier molecular flexibility index (Phi) is 73.4. The molecule has 0 aromatic rings. The summed E-state index contributed by atoms with van der Waals surface area (Å²) in [6.07, 6.45) is 1.00. The van der Waals surface area contributed by atoms with Gasteiger partial charge in [-0.15, -0.1) is 6.58 Å². The van der Waals surface area contributed by atoms with E-state index in [2.05, 4.69) is 6.58 Å². The van der Waals surface area contributed by atoms with Crippen LogP contribution in [0.4, 0.5) is 0 Å². The topological polar surface area (TPSA) is 23.8 Å². The minimum absolute atomic E-state index is 0. The van der Waals surface area contributed by atoms with Crippen LogP contribution in [0.25, 0.3) is 5.73 Å². The summed E-state index contributed by atoms with van der Waals surface area (Å²) in [5.74, 6) is 0. The fourth-order valence-electron chi connectivity index (χ4n) is 0. The van der Waals surface area contributed by atoms with Crippen LogP contribution < -0.4 is 17.0 Å². The van der Waals surface area contributed by atoms with Crippen molar-refractivity contribution in [2.45, 2.75) is 0 Å². The predicted molar refractivity (Wildman–Crippen MR) is 20.3 cm³/mol. The van der Waals surface area contributed by atoms with Gasteiger partial charge in [0.1, 0.15) is 0 Å². The van der Waals surface area contributed by atoms with Gasteiger partial charge in [0.15, 0.2) is 0 Å². The zero-order valence-corrected chi connectivity index (χ0v) is 5.87. The molecule has 1 nitrogen and oxygen atoms in total. The van der Waals surface area contributed by atoms with Gasteiger partial charge in [0.25, 0.3) is 0 Å². The van der Waals surface area contributed by atoms with Gasteiger partial charge in [0, 0.05) is 0 Å². The van der Waals surface area contributed by atoms with Gasteiger partial charge >= 0.3 is 23.1 Å². The second-order valence-corrected chi connectivity index (χ2v) is 0.204. The van der Waals surface area contributed by atoms with Crippen molar-refractivity contribution in [1.82, 2.24) is 0 Å². The quantitative estimate of drug-likeness (QED) is 0.347. The van der Waals surface area contributed by atoms with E-state index < -0.39 is 0 Å². The molecule has 5 heavy (non-hydrogen) atoms. The maximum absolute atomic E-state index is 5.97. The molecule has 0 unspecified atom stereocenters. The van der Waals surface area contributed by atoms with Gasteiger partial charge in [-0.1, -0.05) is 0 Å². The molecule has 0 saturated heterocycles. The van der Waals surface area contributed by atoms with E-state index in [9.17, 15) is 0 Å². The number of halogens is 1. The Morgan fingerprint density at radius 2 is 1.60 bits per heavy atom. The smallest absolute Gasteiger partial charge is 1.00 e. The SMILES string of the molecule is C=C[NH-].[Br-].[Mg+2]. The molecule has 1 N–H and O–H groups in total. The normalized spacial score (nSPS) is 2.40. The van der Waals surface area contributed by atoms with E-state index in [0.717, 1.165) is 6.20 Å². The molecule has 0 saturated carbocycles. The summed E-state index contributed by atoms with van der Waals surface area (Å²) < 4.78 is 0. The van der Waals surface area contributed by atoms with Crippen molar-refractivity contribution in [1.29, 1.82) is 0 Å². The molecule has 0 aliphatic carbocycles. The molecular weight excluding hydrogens is 142 g/mol. The third kappa shape index (κ3) is 60.1. The van der Waals surface area contributed by atoms with E-state index in [0.29, 0.717) is 0 Å².